The highest BCUT2D eigenvalue weighted by atomic mass is 32.1. The number of amidine groups is 1. The third-order valence-corrected chi connectivity index (χ3v) is 3.99. The van der Waals surface area contributed by atoms with Crippen LogP contribution >= 0.6 is 12.2 Å². The van der Waals surface area contributed by atoms with Crippen LogP contribution in [-0.4, -0.2) is 36.7 Å². The predicted octanol–water partition coefficient (Wildman–Crippen LogP) is 0.169. The van der Waals surface area contributed by atoms with Gasteiger partial charge in [-0.15, -0.1) is 5.10 Å². The van der Waals surface area contributed by atoms with Gasteiger partial charge in [0.2, 0.25) is 5.96 Å². The first-order chi connectivity index (χ1) is 13.4. The number of rotatable bonds is 5. The standard InChI is InChI=1S/C19H24N8S/c1-12(26-27-18(20)21)14-5-4-6-16(11-14)25-19(28)24-15-9-7-13(8-10-15)17(22-2)23-3/h4-11H,1-3H3,(H,22,23)(H4,20,21,27)(H2,24,25,28)/p+1/b26-12+. The first kappa shape index (κ1) is 20.8. The number of thiocarbonyl (C=S) groups is 1. The highest BCUT2D eigenvalue weighted by Gasteiger charge is 2.07. The van der Waals surface area contributed by atoms with Crippen LogP contribution in [0.15, 0.2) is 58.7 Å². The molecule has 0 spiro atoms. The molecule has 0 fully saturated rings. The van der Waals surface area contributed by atoms with Crippen LogP contribution in [0.5, 0.6) is 0 Å². The van der Waals surface area contributed by atoms with E-state index in [4.69, 9.17) is 23.7 Å². The van der Waals surface area contributed by atoms with Crippen LogP contribution in [0.25, 0.3) is 0 Å². The Hall–Kier alpha value is -3.46. The molecule has 0 radical (unpaired) electrons. The van der Waals surface area contributed by atoms with E-state index in [1.54, 1.807) is 0 Å². The largest absolute Gasteiger partial charge is 0.369 e. The lowest BCUT2D eigenvalue weighted by molar-refractivity contribution is -0.421. The zero-order valence-electron chi connectivity index (χ0n) is 16.1. The zero-order chi connectivity index (χ0) is 20.5. The monoisotopic (exact) mass is 397 g/mol. The molecular weight excluding hydrogens is 372 g/mol. The summed E-state index contributed by atoms with van der Waals surface area (Å²) in [5.74, 6) is 0.862. The van der Waals surface area contributed by atoms with Crippen molar-refractivity contribution >= 4 is 46.2 Å². The van der Waals surface area contributed by atoms with Crippen LogP contribution in [0.2, 0.25) is 0 Å². The SMILES string of the molecule is CNC(=[NH+]C)c1ccc(NC(=S)Nc2cccc(/C(C)=N/N=C(N)N)c2)cc1. The first-order valence-electron chi connectivity index (χ1n) is 8.57. The molecule has 0 heterocycles. The van der Waals surface area contributed by atoms with Crippen molar-refractivity contribution in [1.82, 2.24) is 5.32 Å². The molecule has 0 aromatic heterocycles. The summed E-state index contributed by atoms with van der Waals surface area (Å²) < 4.78 is 0. The number of hydrogen-bond acceptors (Lipinski definition) is 3. The average Bonchev–Trinajstić information content (AvgIpc) is 2.68. The van der Waals surface area contributed by atoms with Gasteiger partial charge in [-0.3, -0.25) is 10.3 Å². The van der Waals surface area contributed by atoms with E-state index in [1.165, 1.54) is 0 Å². The molecule has 8 N–H and O–H groups in total. The molecule has 0 aliphatic heterocycles. The van der Waals surface area contributed by atoms with Crippen molar-refractivity contribution in [2.75, 3.05) is 24.7 Å². The summed E-state index contributed by atoms with van der Waals surface area (Å²) in [4.78, 5) is 3.11. The maximum Gasteiger partial charge on any atom is 0.274 e. The molecule has 0 aliphatic carbocycles. The topological polar surface area (TPSA) is 127 Å². The van der Waals surface area contributed by atoms with Gasteiger partial charge in [0.15, 0.2) is 5.11 Å². The molecule has 0 atom stereocenters. The fourth-order valence-corrected chi connectivity index (χ4v) is 2.68. The van der Waals surface area contributed by atoms with Gasteiger partial charge in [-0.25, -0.2) is 0 Å². The Labute approximate surface area is 169 Å². The van der Waals surface area contributed by atoms with E-state index in [1.807, 2.05) is 69.6 Å². The Morgan fingerprint density at radius 2 is 1.64 bits per heavy atom. The molecule has 9 heteroatoms. The number of hydrogen-bond donors (Lipinski definition) is 6. The maximum absolute atomic E-state index is 5.41. The van der Waals surface area contributed by atoms with Gasteiger partial charge in [0.1, 0.15) is 0 Å². The molecule has 146 valence electrons. The number of nitrogens with one attached hydrogen (secondary N) is 4. The number of anilines is 2. The predicted molar refractivity (Wildman–Crippen MR) is 121 cm³/mol. The number of nitrogens with zero attached hydrogens (tertiary/aromatic N) is 2. The van der Waals surface area contributed by atoms with Crippen molar-refractivity contribution < 1.29 is 4.99 Å². The molecule has 2 aromatic carbocycles. The van der Waals surface area contributed by atoms with Gasteiger partial charge in [-0.1, -0.05) is 12.1 Å². The lowest BCUT2D eigenvalue weighted by atomic mass is 10.1. The summed E-state index contributed by atoms with van der Waals surface area (Å²) in [6.07, 6.45) is 0. The fraction of sp³-hybridized carbons (Fsp3) is 0.158. The molecule has 2 aromatic rings. The van der Waals surface area contributed by atoms with Crippen molar-refractivity contribution in [3.63, 3.8) is 0 Å². The Bertz CT molecular complexity index is 912. The Morgan fingerprint density at radius 3 is 2.25 bits per heavy atom. The smallest absolute Gasteiger partial charge is 0.274 e. The summed E-state index contributed by atoms with van der Waals surface area (Å²) in [7, 11) is 3.74. The van der Waals surface area contributed by atoms with Crippen molar-refractivity contribution in [1.29, 1.82) is 0 Å². The Balaban J connectivity index is 2.04. The molecule has 0 aliphatic rings. The van der Waals surface area contributed by atoms with E-state index >= 15 is 0 Å². The molecule has 28 heavy (non-hydrogen) atoms. The van der Waals surface area contributed by atoms with Crippen LogP contribution in [-0.2, 0) is 0 Å². The van der Waals surface area contributed by atoms with E-state index in [2.05, 4.69) is 31.1 Å². The van der Waals surface area contributed by atoms with Crippen molar-refractivity contribution in [2.24, 2.45) is 21.7 Å². The summed E-state index contributed by atoms with van der Waals surface area (Å²) in [6.45, 7) is 1.82. The quantitative estimate of drug-likeness (QED) is 0.185. The second kappa shape index (κ2) is 10.0. The van der Waals surface area contributed by atoms with Gasteiger partial charge < -0.3 is 22.1 Å². The second-order valence-electron chi connectivity index (χ2n) is 5.82. The van der Waals surface area contributed by atoms with Crippen LogP contribution < -0.4 is 32.4 Å². The van der Waals surface area contributed by atoms with E-state index in [0.717, 1.165) is 28.3 Å². The van der Waals surface area contributed by atoms with Gasteiger partial charge in [0.05, 0.1) is 25.4 Å². The molecule has 0 saturated carbocycles. The van der Waals surface area contributed by atoms with Crippen molar-refractivity contribution in [3.8, 4) is 0 Å². The minimum Gasteiger partial charge on any atom is -0.369 e. The average molecular weight is 398 g/mol. The molecule has 0 saturated heterocycles. The fourth-order valence-electron chi connectivity index (χ4n) is 2.44. The summed E-state index contributed by atoms with van der Waals surface area (Å²) in [5, 5.41) is 17.6. The van der Waals surface area contributed by atoms with Gasteiger partial charge >= 0.3 is 0 Å². The summed E-state index contributed by atoms with van der Waals surface area (Å²) in [6, 6.07) is 15.6. The molecule has 0 unspecified atom stereocenters. The lowest BCUT2D eigenvalue weighted by Crippen LogP contribution is -2.71. The zero-order valence-corrected chi connectivity index (χ0v) is 16.9. The van der Waals surface area contributed by atoms with Crippen LogP contribution in [0.1, 0.15) is 18.1 Å². The van der Waals surface area contributed by atoms with Gasteiger partial charge in [-0.05, 0) is 61.1 Å². The van der Waals surface area contributed by atoms with Crippen LogP contribution in [0, 0.1) is 0 Å². The molecule has 2 rings (SSSR count). The Kier molecular flexibility index (Phi) is 7.46. The van der Waals surface area contributed by atoms with Crippen LogP contribution in [0.4, 0.5) is 11.4 Å². The maximum atomic E-state index is 5.41. The first-order valence-corrected chi connectivity index (χ1v) is 8.98. The highest BCUT2D eigenvalue weighted by molar-refractivity contribution is 7.80. The van der Waals surface area contributed by atoms with Gasteiger partial charge in [-0.2, -0.15) is 5.10 Å². The van der Waals surface area contributed by atoms with Gasteiger partial charge in [0.25, 0.3) is 5.84 Å². The van der Waals surface area contributed by atoms with Crippen LogP contribution in [0.3, 0.4) is 0 Å². The van der Waals surface area contributed by atoms with E-state index in [9.17, 15) is 0 Å². The molecular formula is C19H25N8S+. The third kappa shape index (κ3) is 6.06. The second-order valence-corrected chi connectivity index (χ2v) is 6.23. The number of guanidine groups is 1. The normalized spacial score (nSPS) is 11.5. The van der Waals surface area contributed by atoms with Gasteiger partial charge in [0, 0.05) is 11.4 Å². The minimum absolute atomic E-state index is 0.0841. The Morgan fingerprint density at radius 1 is 0.964 bits per heavy atom. The number of benzene rings is 2. The van der Waals surface area contributed by atoms with Crippen molar-refractivity contribution in [2.45, 2.75) is 6.92 Å². The van der Waals surface area contributed by atoms with Crippen molar-refractivity contribution in [3.05, 3.63) is 59.7 Å². The molecule has 0 bridgehead atoms. The number of nitrogens with two attached hydrogens (primary N) is 2. The molecule has 8 nitrogen and oxygen atoms in total. The van der Waals surface area contributed by atoms with E-state index < -0.39 is 0 Å². The minimum atomic E-state index is -0.0841. The summed E-state index contributed by atoms with van der Waals surface area (Å²) >= 11 is 5.41. The summed E-state index contributed by atoms with van der Waals surface area (Å²) in [5.41, 5.74) is 14.9. The molecule has 0 amide bonds. The van der Waals surface area contributed by atoms with E-state index in [0.29, 0.717) is 10.8 Å². The highest BCUT2D eigenvalue weighted by Crippen LogP contribution is 2.14. The van der Waals surface area contributed by atoms with E-state index in [-0.39, 0.29) is 5.96 Å². The lowest BCUT2D eigenvalue weighted by Gasteiger charge is -2.12. The third-order valence-electron chi connectivity index (χ3n) is 3.79.